The van der Waals surface area contributed by atoms with Crippen molar-refractivity contribution in [3.8, 4) is 11.5 Å². The molecular weight excluding hydrogens is 402 g/mol. The average Bonchev–Trinajstić information content (AvgIpc) is 3.45. The van der Waals surface area contributed by atoms with Crippen LogP contribution in [0.5, 0.6) is 11.5 Å². The lowest BCUT2D eigenvalue weighted by Crippen LogP contribution is -2.46. The van der Waals surface area contributed by atoms with E-state index < -0.39 is 0 Å². The van der Waals surface area contributed by atoms with E-state index in [0.717, 1.165) is 37.6 Å². The van der Waals surface area contributed by atoms with Crippen LogP contribution in [0.4, 0.5) is 5.69 Å². The summed E-state index contributed by atoms with van der Waals surface area (Å²) in [6, 6.07) is 16.6. The topological polar surface area (TPSA) is 37.4 Å². The Morgan fingerprint density at radius 1 is 0.938 bits per heavy atom. The van der Waals surface area contributed by atoms with Crippen molar-refractivity contribution in [1.29, 1.82) is 0 Å². The van der Waals surface area contributed by atoms with Gasteiger partial charge in [0.05, 0.1) is 6.61 Å². The third-order valence-electron chi connectivity index (χ3n) is 7.70. The van der Waals surface area contributed by atoms with E-state index in [2.05, 4.69) is 58.3 Å². The van der Waals surface area contributed by atoms with E-state index in [1.807, 2.05) is 6.07 Å². The van der Waals surface area contributed by atoms with Gasteiger partial charge in [-0.15, -0.1) is 0 Å². The molecule has 0 amide bonds. The molecule has 3 fully saturated rings. The van der Waals surface area contributed by atoms with Gasteiger partial charge < -0.3 is 14.4 Å². The number of piperidine rings is 2. The molecule has 0 bridgehead atoms. The molecule has 4 aliphatic rings. The quantitative estimate of drug-likeness (QED) is 0.716. The Labute approximate surface area is 190 Å². The van der Waals surface area contributed by atoms with Crippen LogP contribution in [-0.2, 0) is 11.4 Å². The molecule has 4 aliphatic heterocycles. The van der Waals surface area contributed by atoms with Crippen LogP contribution in [-0.4, -0.2) is 56.1 Å². The van der Waals surface area contributed by atoms with Gasteiger partial charge in [0.25, 0.3) is 0 Å². The van der Waals surface area contributed by atoms with Crippen molar-refractivity contribution in [3.05, 3.63) is 53.6 Å². The molecule has 2 aromatic rings. The number of rotatable bonds is 4. The summed E-state index contributed by atoms with van der Waals surface area (Å²) in [6.45, 7) is 5.46. The number of nitrogens with zero attached hydrogens (tertiary/aromatic N) is 3. The Bertz CT molecular complexity index is 944. The van der Waals surface area contributed by atoms with Crippen LogP contribution in [0.2, 0.25) is 0 Å². The van der Waals surface area contributed by atoms with E-state index in [1.54, 1.807) is 0 Å². The van der Waals surface area contributed by atoms with Crippen LogP contribution < -0.4 is 14.4 Å². The predicted octanol–water partition coefficient (Wildman–Crippen LogP) is 4.21. The van der Waals surface area contributed by atoms with Gasteiger partial charge in [-0.05, 0) is 61.1 Å². The van der Waals surface area contributed by atoms with E-state index in [-0.39, 0.29) is 0 Å². The van der Waals surface area contributed by atoms with Gasteiger partial charge in [0, 0.05) is 56.9 Å². The highest BCUT2D eigenvalue weighted by Gasteiger charge is 2.42. The van der Waals surface area contributed by atoms with E-state index in [0.29, 0.717) is 24.8 Å². The summed E-state index contributed by atoms with van der Waals surface area (Å²) in [5.41, 5.74) is 4.05. The van der Waals surface area contributed by atoms with Crippen LogP contribution in [0.3, 0.4) is 0 Å². The summed E-state index contributed by atoms with van der Waals surface area (Å²) in [5.74, 6) is 2.27. The van der Waals surface area contributed by atoms with Crippen molar-refractivity contribution >= 4 is 5.69 Å². The van der Waals surface area contributed by atoms with E-state index in [4.69, 9.17) is 14.3 Å². The minimum Gasteiger partial charge on any atom is -0.454 e. The number of ether oxygens (including phenoxy) is 2. The van der Waals surface area contributed by atoms with Gasteiger partial charge in [-0.25, -0.2) is 0 Å². The van der Waals surface area contributed by atoms with Gasteiger partial charge in [0.1, 0.15) is 0 Å². The molecule has 0 unspecified atom stereocenters. The van der Waals surface area contributed by atoms with E-state index in [9.17, 15) is 0 Å². The Kier molecular flexibility index (Phi) is 5.45. The zero-order chi connectivity index (χ0) is 21.5. The van der Waals surface area contributed by atoms with E-state index >= 15 is 0 Å². The van der Waals surface area contributed by atoms with Gasteiger partial charge in [0.2, 0.25) is 6.79 Å². The van der Waals surface area contributed by atoms with Gasteiger partial charge in [0.15, 0.2) is 11.5 Å². The normalized spacial score (nSPS) is 28.2. The lowest BCUT2D eigenvalue weighted by molar-refractivity contribution is -0.114. The number of hydrogen-bond acceptors (Lipinski definition) is 6. The molecule has 4 heterocycles. The molecule has 3 saturated heterocycles. The number of fused-ring (bicyclic) bond motifs is 2. The number of hydrogen-bond donors (Lipinski definition) is 0. The first-order valence-corrected chi connectivity index (χ1v) is 12.1. The molecule has 32 heavy (non-hydrogen) atoms. The first-order valence-electron chi connectivity index (χ1n) is 12.1. The summed E-state index contributed by atoms with van der Waals surface area (Å²) >= 11 is 0. The molecule has 6 heteroatoms. The number of likely N-dealkylation sites (tertiary alicyclic amines) is 1. The molecule has 170 valence electrons. The predicted molar refractivity (Wildman–Crippen MR) is 124 cm³/mol. The SMILES string of the molecule is CN1OC[C@@H]2CN(Cc3ccc4c(c3)OCO4)[C@H](c3ccc(N4CCCCC4)cc3)C[C@@H]21. The standard InChI is InChI=1S/C26H33N3O3/c1-27-23-14-24(20-6-8-22(9-7-20)28-11-3-2-4-12-28)29(16-21(23)17-32-27)15-19-5-10-25-26(13-19)31-18-30-25/h5-10,13,21,23-24H,2-4,11-12,14-18H2,1H3/t21-,23-,24-/m0/s1. The zero-order valence-corrected chi connectivity index (χ0v) is 18.9. The summed E-state index contributed by atoms with van der Waals surface area (Å²) in [5, 5.41) is 2.09. The molecule has 6 rings (SSSR count). The van der Waals surface area contributed by atoms with Crippen LogP contribution >= 0.6 is 0 Å². The minimum absolute atomic E-state index is 0.321. The molecule has 0 aromatic heterocycles. The first-order chi connectivity index (χ1) is 15.7. The second-order valence-electron chi connectivity index (χ2n) is 9.68. The van der Waals surface area contributed by atoms with Gasteiger partial charge >= 0.3 is 0 Å². The van der Waals surface area contributed by atoms with Crippen LogP contribution in [0.25, 0.3) is 0 Å². The highest BCUT2D eigenvalue weighted by Crippen LogP contribution is 2.41. The molecule has 0 radical (unpaired) electrons. The Hall–Kier alpha value is -2.28. The number of hydroxylamine groups is 2. The third-order valence-corrected chi connectivity index (χ3v) is 7.70. The first kappa shape index (κ1) is 20.3. The maximum atomic E-state index is 5.91. The molecule has 0 N–H and O–H groups in total. The summed E-state index contributed by atoms with van der Waals surface area (Å²) < 4.78 is 11.1. The molecule has 0 spiro atoms. The van der Waals surface area contributed by atoms with Crippen LogP contribution in [0, 0.1) is 5.92 Å². The Morgan fingerprint density at radius 2 is 1.75 bits per heavy atom. The van der Waals surface area contributed by atoms with Gasteiger partial charge in [-0.2, -0.15) is 5.06 Å². The largest absolute Gasteiger partial charge is 0.454 e. The maximum Gasteiger partial charge on any atom is 0.231 e. The van der Waals surface area contributed by atoms with E-state index in [1.165, 1.54) is 49.2 Å². The monoisotopic (exact) mass is 435 g/mol. The fourth-order valence-corrected chi connectivity index (χ4v) is 5.89. The molecule has 2 aromatic carbocycles. The van der Waals surface area contributed by atoms with Crippen molar-refractivity contribution in [2.75, 3.05) is 45.0 Å². The highest BCUT2D eigenvalue weighted by atomic mass is 16.7. The second kappa shape index (κ2) is 8.58. The summed E-state index contributed by atoms with van der Waals surface area (Å²) in [7, 11) is 2.09. The average molecular weight is 436 g/mol. The lowest BCUT2D eigenvalue weighted by Gasteiger charge is -2.42. The fourth-order valence-electron chi connectivity index (χ4n) is 5.89. The third kappa shape index (κ3) is 3.85. The molecule has 6 nitrogen and oxygen atoms in total. The van der Waals surface area contributed by atoms with Crippen molar-refractivity contribution in [3.63, 3.8) is 0 Å². The summed E-state index contributed by atoms with van der Waals surface area (Å²) in [4.78, 5) is 11.1. The van der Waals surface area contributed by atoms with Gasteiger partial charge in [-0.3, -0.25) is 9.74 Å². The second-order valence-corrected chi connectivity index (χ2v) is 9.68. The fraction of sp³-hybridized carbons (Fsp3) is 0.538. The lowest BCUT2D eigenvalue weighted by atomic mass is 9.85. The number of anilines is 1. The molecule has 0 aliphatic carbocycles. The van der Waals surface area contributed by atoms with Crippen molar-refractivity contribution in [2.45, 2.75) is 44.3 Å². The zero-order valence-electron chi connectivity index (χ0n) is 18.9. The van der Waals surface area contributed by atoms with Crippen molar-refractivity contribution < 1.29 is 14.3 Å². The number of benzene rings is 2. The van der Waals surface area contributed by atoms with Crippen molar-refractivity contribution in [2.24, 2.45) is 5.92 Å². The van der Waals surface area contributed by atoms with Gasteiger partial charge in [-0.1, -0.05) is 18.2 Å². The minimum atomic E-state index is 0.321. The van der Waals surface area contributed by atoms with Crippen LogP contribution in [0.15, 0.2) is 42.5 Å². The van der Waals surface area contributed by atoms with Crippen LogP contribution in [0.1, 0.15) is 42.9 Å². The summed E-state index contributed by atoms with van der Waals surface area (Å²) in [6.07, 6.45) is 5.07. The Morgan fingerprint density at radius 3 is 2.59 bits per heavy atom. The maximum absolute atomic E-state index is 5.91. The smallest absolute Gasteiger partial charge is 0.231 e. The molecule has 3 atom stereocenters. The Balaban J connectivity index is 1.25. The molecule has 0 saturated carbocycles. The molecular formula is C26H33N3O3. The van der Waals surface area contributed by atoms with Crippen molar-refractivity contribution in [1.82, 2.24) is 9.96 Å². The highest BCUT2D eigenvalue weighted by molar-refractivity contribution is 5.48.